The lowest BCUT2D eigenvalue weighted by atomic mass is 10.2. The van der Waals surface area contributed by atoms with Crippen LogP contribution < -0.4 is 0 Å². The van der Waals surface area contributed by atoms with E-state index in [1.807, 2.05) is 25.1 Å². The minimum Gasteiger partial charge on any atom is -0.508 e. The largest absolute Gasteiger partial charge is 0.508 e. The van der Waals surface area contributed by atoms with E-state index in [4.69, 9.17) is 9.90 Å². The van der Waals surface area contributed by atoms with E-state index in [2.05, 4.69) is 12.6 Å². The molecule has 0 aliphatic rings. The molecule has 0 aromatic heterocycles. The Labute approximate surface area is 71.3 Å². The Kier molecular flexibility index (Phi) is 5.29. The average molecular weight is 170 g/mol. The number of hydrogen-bond donors (Lipinski definition) is 2. The number of carbonyl (C=O) groups is 1. The Balaban J connectivity index is 0.000000292. The van der Waals surface area contributed by atoms with Crippen molar-refractivity contribution >= 4 is 18.2 Å². The van der Waals surface area contributed by atoms with E-state index in [9.17, 15) is 0 Å². The third-order valence-electron chi connectivity index (χ3n) is 1.12. The normalized spacial score (nSPS) is 7.82. The van der Waals surface area contributed by atoms with Gasteiger partial charge < -0.3 is 5.11 Å². The lowest BCUT2D eigenvalue weighted by Gasteiger charge is -1.92. The smallest absolute Gasteiger partial charge is 0.173 e. The van der Waals surface area contributed by atoms with Gasteiger partial charge in [-0.05, 0) is 18.6 Å². The van der Waals surface area contributed by atoms with Crippen LogP contribution in [-0.2, 0) is 4.79 Å². The van der Waals surface area contributed by atoms with E-state index in [0.717, 1.165) is 5.56 Å². The van der Waals surface area contributed by atoms with Gasteiger partial charge in [-0.3, -0.25) is 4.79 Å². The summed E-state index contributed by atoms with van der Waals surface area (Å²) in [7, 11) is 0. The molecule has 0 unspecified atom stereocenters. The summed E-state index contributed by atoms with van der Waals surface area (Å²) in [6, 6.07) is 7.25. The molecule has 3 heteroatoms. The fraction of sp³-hybridized carbons (Fsp3) is 0.125. The van der Waals surface area contributed by atoms with Crippen LogP contribution in [0, 0.1) is 6.92 Å². The van der Waals surface area contributed by atoms with E-state index in [0.29, 0.717) is 11.4 Å². The number of phenols is 1. The maximum atomic E-state index is 8.92. The molecule has 0 aliphatic carbocycles. The van der Waals surface area contributed by atoms with Gasteiger partial charge in [-0.25, -0.2) is 0 Å². The van der Waals surface area contributed by atoms with Crippen molar-refractivity contribution in [1.29, 1.82) is 0 Å². The number of hydrogen-bond acceptors (Lipinski definition) is 2. The topological polar surface area (TPSA) is 37.3 Å². The van der Waals surface area contributed by atoms with Gasteiger partial charge in [0.1, 0.15) is 5.75 Å². The first kappa shape index (κ1) is 10.0. The summed E-state index contributed by atoms with van der Waals surface area (Å²) in [6.07, 6.45) is 0. The summed E-state index contributed by atoms with van der Waals surface area (Å²) >= 11 is 3.11. The second-order valence-corrected chi connectivity index (χ2v) is 2.10. The molecule has 0 saturated heterocycles. The lowest BCUT2D eigenvalue weighted by molar-refractivity contribution is 0.471. The molecule has 60 valence electrons. The van der Waals surface area contributed by atoms with Crippen molar-refractivity contribution in [2.75, 3.05) is 0 Å². The second-order valence-electron chi connectivity index (χ2n) is 1.89. The van der Waals surface area contributed by atoms with Gasteiger partial charge in [0.15, 0.2) is 5.62 Å². The molecule has 0 radical (unpaired) electrons. The van der Waals surface area contributed by atoms with Gasteiger partial charge in [-0.2, -0.15) is 0 Å². The summed E-state index contributed by atoms with van der Waals surface area (Å²) in [6.45, 7) is 1.87. The van der Waals surface area contributed by atoms with E-state index in [1.165, 1.54) is 0 Å². The molecule has 0 aliphatic heterocycles. The first-order valence-corrected chi connectivity index (χ1v) is 3.56. The highest BCUT2D eigenvalue weighted by Gasteiger charge is 1.86. The van der Waals surface area contributed by atoms with Gasteiger partial charge in [0.05, 0.1) is 0 Å². The Bertz CT molecular complexity index is 202. The lowest BCUT2D eigenvalue weighted by Crippen LogP contribution is -1.68. The van der Waals surface area contributed by atoms with Crippen LogP contribution >= 0.6 is 12.6 Å². The first-order chi connectivity index (χ1) is 5.22. The molecule has 1 N–H and O–H groups in total. The van der Waals surface area contributed by atoms with Crippen LogP contribution in [-0.4, -0.2) is 10.7 Å². The maximum absolute atomic E-state index is 8.92. The number of phenolic OH excluding ortho intramolecular Hbond substituents is 1. The molecule has 1 rings (SSSR count). The number of rotatable bonds is 0. The third-order valence-corrected chi connectivity index (χ3v) is 1.12. The highest BCUT2D eigenvalue weighted by Crippen LogP contribution is 2.12. The highest BCUT2D eigenvalue weighted by atomic mass is 32.1. The number of thiol groups is 1. The van der Waals surface area contributed by atoms with Crippen molar-refractivity contribution in [3.63, 3.8) is 0 Å². The first-order valence-electron chi connectivity index (χ1n) is 3.04. The molecule has 0 amide bonds. The molecule has 1 aromatic rings. The number of benzene rings is 1. The van der Waals surface area contributed by atoms with Crippen LogP contribution in [0.2, 0.25) is 0 Å². The monoisotopic (exact) mass is 170 g/mol. The minimum absolute atomic E-state index is 0.368. The third kappa shape index (κ3) is 4.44. The summed E-state index contributed by atoms with van der Waals surface area (Å²) in [4.78, 5) is 8.67. The molecule has 0 spiro atoms. The van der Waals surface area contributed by atoms with Crippen LogP contribution in [0.3, 0.4) is 0 Å². The molecule has 2 nitrogen and oxygen atoms in total. The van der Waals surface area contributed by atoms with E-state index in [1.54, 1.807) is 6.07 Å². The van der Waals surface area contributed by atoms with Crippen LogP contribution in [0.25, 0.3) is 0 Å². The second kappa shape index (κ2) is 5.80. The van der Waals surface area contributed by atoms with Gasteiger partial charge in [-0.15, -0.1) is 12.6 Å². The van der Waals surface area contributed by atoms with Crippen molar-refractivity contribution in [3.05, 3.63) is 29.8 Å². The molecule has 0 atom stereocenters. The van der Waals surface area contributed by atoms with E-state index in [-0.39, 0.29) is 0 Å². The predicted octanol–water partition coefficient (Wildman–Crippen LogP) is 1.81. The number of carbonyl (C=O) groups excluding carboxylic acids is 1. The fourth-order valence-corrected chi connectivity index (χ4v) is 0.563. The molecule has 0 bridgehead atoms. The van der Waals surface area contributed by atoms with Crippen LogP contribution in [0.4, 0.5) is 0 Å². The van der Waals surface area contributed by atoms with Gasteiger partial charge >= 0.3 is 0 Å². The molecular formula is C8H10O2S. The Hall–Kier alpha value is -0.960. The van der Waals surface area contributed by atoms with Crippen LogP contribution in [0.5, 0.6) is 5.75 Å². The molecule has 0 heterocycles. The summed E-state index contributed by atoms with van der Waals surface area (Å²) in [5.41, 5.74) is 1.37. The molecule has 0 saturated carbocycles. The zero-order chi connectivity index (χ0) is 8.69. The standard InChI is InChI=1S/C7H8O.CH2OS/c1-6-4-2-3-5-7(6)8;2-1-3/h2-5,8H,1H3;1H,(H,2,3). The Morgan fingerprint density at radius 3 is 2.18 bits per heavy atom. The SMILES string of the molecule is Cc1ccccc1O.O=CS. The predicted molar refractivity (Wildman–Crippen MR) is 48.6 cm³/mol. The quantitative estimate of drug-likeness (QED) is 0.460. The van der Waals surface area contributed by atoms with Crippen LogP contribution in [0.1, 0.15) is 5.56 Å². The Morgan fingerprint density at radius 1 is 1.45 bits per heavy atom. The number of aromatic hydroxyl groups is 1. The summed E-state index contributed by atoms with van der Waals surface area (Å²) in [5, 5.41) is 8.92. The maximum Gasteiger partial charge on any atom is 0.173 e. The van der Waals surface area contributed by atoms with Gasteiger partial charge in [0.2, 0.25) is 0 Å². The minimum atomic E-state index is 0.368. The fourth-order valence-electron chi connectivity index (χ4n) is 0.563. The number of aryl methyl sites for hydroxylation is 1. The molecule has 11 heavy (non-hydrogen) atoms. The summed E-state index contributed by atoms with van der Waals surface area (Å²) in [5.74, 6) is 0.368. The van der Waals surface area contributed by atoms with E-state index >= 15 is 0 Å². The van der Waals surface area contributed by atoms with Gasteiger partial charge in [0, 0.05) is 0 Å². The summed E-state index contributed by atoms with van der Waals surface area (Å²) < 4.78 is 0. The van der Waals surface area contributed by atoms with Gasteiger partial charge in [-0.1, -0.05) is 18.2 Å². The molecular weight excluding hydrogens is 160 g/mol. The van der Waals surface area contributed by atoms with Crippen molar-refractivity contribution in [2.45, 2.75) is 6.92 Å². The van der Waals surface area contributed by atoms with Crippen molar-refractivity contribution < 1.29 is 9.90 Å². The van der Waals surface area contributed by atoms with E-state index < -0.39 is 0 Å². The molecule has 1 aromatic carbocycles. The van der Waals surface area contributed by atoms with Crippen molar-refractivity contribution in [2.24, 2.45) is 0 Å². The highest BCUT2D eigenvalue weighted by molar-refractivity contribution is 7.94. The van der Waals surface area contributed by atoms with Gasteiger partial charge in [0.25, 0.3) is 0 Å². The van der Waals surface area contributed by atoms with Crippen molar-refractivity contribution in [1.82, 2.24) is 0 Å². The van der Waals surface area contributed by atoms with Crippen molar-refractivity contribution in [3.8, 4) is 5.75 Å². The average Bonchev–Trinajstić information content (AvgIpc) is 1.97. The molecule has 0 fully saturated rings. The Morgan fingerprint density at radius 2 is 1.91 bits per heavy atom. The number of para-hydroxylation sites is 1. The van der Waals surface area contributed by atoms with Crippen LogP contribution in [0.15, 0.2) is 24.3 Å². The zero-order valence-corrected chi connectivity index (χ0v) is 7.08. The zero-order valence-electron chi connectivity index (χ0n) is 6.19.